The van der Waals surface area contributed by atoms with E-state index in [0.717, 1.165) is 33.4 Å². The predicted molar refractivity (Wildman–Crippen MR) is 133 cm³/mol. The molecule has 0 aliphatic rings. The Kier molecular flexibility index (Phi) is 7.04. The van der Waals surface area contributed by atoms with Crippen LogP contribution in [0.25, 0.3) is 11.3 Å². The lowest BCUT2D eigenvalue weighted by molar-refractivity contribution is -0.116. The Morgan fingerprint density at radius 2 is 1.79 bits per heavy atom. The Balaban J connectivity index is 1.56. The number of anilines is 3. The summed E-state index contributed by atoms with van der Waals surface area (Å²) in [6.07, 6.45) is 0.502. The van der Waals surface area contributed by atoms with Crippen LogP contribution in [-0.4, -0.2) is 26.1 Å². The van der Waals surface area contributed by atoms with Gasteiger partial charge in [0.15, 0.2) is 5.16 Å². The summed E-state index contributed by atoms with van der Waals surface area (Å²) in [5.41, 5.74) is 3.50. The van der Waals surface area contributed by atoms with Crippen molar-refractivity contribution < 1.29 is 4.79 Å². The summed E-state index contributed by atoms with van der Waals surface area (Å²) in [5.74, 6) is 1.78. The number of rotatable bonds is 8. The van der Waals surface area contributed by atoms with Crippen LogP contribution in [0.3, 0.4) is 0 Å². The number of benzene rings is 2. The normalized spacial score (nSPS) is 10.9. The summed E-state index contributed by atoms with van der Waals surface area (Å²) in [7, 11) is 0. The molecule has 0 saturated carbocycles. The fourth-order valence-corrected chi connectivity index (χ4v) is 3.98. The molecule has 0 aliphatic heterocycles. The second-order valence-electron chi connectivity index (χ2n) is 8.11. The maximum Gasteiger partial charge on any atom is 0.224 e. The number of aromatic amines is 1. The topological polar surface area (TPSA) is 95.6 Å². The fraction of sp³-hybridized carbons (Fsp3) is 0.200. The van der Waals surface area contributed by atoms with Gasteiger partial charge < -0.3 is 10.6 Å². The van der Waals surface area contributed by atoms with Crippen molar-refractivity contribution in [2.24, 2.45) is 5.92 Å². The van der Waals surface area contributed by atoms with E-state index in [4.69, 9.17) is 4.98 Å². The number of carbonyl (C=O) groups excluding carboxylic acids is 1. The average Bonchev–Trinajstić information content (AvgIpc) is 3.19. The number of amides is 1. The SMILES string of the molecule is Cc1cc(Nc2cc(-c3ccccc3)nc(Sc3ccc(NC(=O)CC(C)C)cc3)n2)[nH]n1. The highest BCUT2D eigenvalue weighted by Crippen LogP contribution is 2.30. The molecular weight excluding hydrogens is 432 g/mol. The molecule has 8 heteroatoms. The molecule has 2 aromatic heterocycles. The molecule has 0 spiro atoms. The number of aryl methyl sites for hydroxylation is 1. The zero-order valence-electron chi connectivity index (χ0n) is 18.8. The van der Waals surface area contributed by atoms with E-state index >= 15 is 0 Å². The Morgan fingerprint density at radius 1 is 1.03 bits per heavy atom. The Hall–Kier alpha value is -3.65. The van der Waals surface area contributed by atoms with Crippen LogP contribution >= 0.6 is 11.8 Å². The lowest BCUT2D eigenvalue weighted by Gasteiger charge is -2.10. The van der Waals surface area contributed by atoms with Crippen molar-refractivity contribution in [2.75, 3.05) is 10.6 Å². The van der Waals surface area contributed by atoms with E-state index in [1.54, 1.807) is 0 Å². The van der Waals surface area contributed by atoms with Crippen LogP contribution in [0.1, 0.15) is 26.0 Å². The zero-order chi connectivity index (χ0) is 23.2. The molecular formula is C25H26N6OS. The minimum absolute atomic E-state index is 0.0223. The van der Waals surface area contributed by atoms with Gasteiger partial charge in [0.05, 0.1) is 11.4 Å². The molecule has 0 unspecified atom stereocenters. The fourth-order valence-electron chi connectivity index (χ4n) is 3.21. The van der Waals surface area contributed by atoms with E-state index in [9.17, 15) is 4.79 Å². The Morgan fingerprint density at radius 3 is 2.45 bits per heavy atom. The van der Waals surface area contributed by atoms with Gasteiger partial charge in [-0.25, -0.2) is 9.97 Å². The summed E-state index contributed by atoms with van der Waals surface area (Å²) in [4.78, 5) is 22.4. The van der Waals surface area contributed by atoms with Gasteiger partial charge in [0.1, 0.15) is 11.6 Å². The van der Waals surface area contributed by atoms with Gasteiger partial charge in [-0.1, -0.05) is 44.2 Å². The van der Waals surface area contributed by atoms with Gasteiger partial charge >= 0.3 is 0 Å². The van der Waals surface area contributed by atoms with Crippen molar-refractivity contribution in [3.8, 4) is 11.3 Å². The third kappa shape index (κ3) is 6.43. The first-order valence-corrected chi connectivity index (χ1v) is 11.6. The van der Waals surface area contributed by atoms with Crippen molar-refractivity contribution >= 4 is 35.0 Å². The number of carbonyl (C=O) groups is 1. The second-order valence-corrected chi connectivity index (χ2v) is 9.15. The third-order valence-electron chi connectivity index (χ3n) is 4.68. The van der Waals surface area contributed by atoms with Crippen LogP contribution in [-0.2, 0) is 4.79 Å². The number of H-pyrrole nitrogens is 1. The van der Waals surface area contributed by atoms with Gasteiger partial charge in [-0.15, -0.1) is 0 Å². The lowest BCUT2D eigenvalue weighted by atomic mass is 10.1. The summed E-state index contributed by atoms with van der Waals surface area (Å²) >= 11 is 1.46. The predicted octanol–water partition coefficient (Wildman–Crippen LogP) is 6.05. The van der Waals surface area contributed by atoms with E-state index in [1.165, 1.54) is 11.8 Å². The van der Waals surface area contributed by atoms with Crippen LogP contribution in [0.5, 0.6) is 0 Å². The number of nitrogens with one attached hydrogen (secondary N) is 3. The smallest absolute Gasteiger partial charge is 0.224 e. The van der Waals surface area contributed by atoms with Crippen LogP contribution in [0.2, 0.25) is 0 Å². The third-order valence-corrected chi connectivity index (χ3v) is 5.56. The minimum Gasteiger partial charge on any atom is -0.326 e. The summed E-state index contributed by atoms with van der Waals surface area (Å²) in [6, 6.07) is 21.6. The molecule has 3 N–H and O–H groups in total. The quantitative estimate of drug-likeness (QED) is 0.278. The highest BCUT2D eigenvalue weighted by Gasteiger charge is 2.11. The number of nitrogens with zero attached hydrogens (tertiary/aromatic N) is 3. The van der Waals surface area contributed by atoms with Crippen molar-refractivity contribution in [1.29, 1.82) is 0 Å². The molecule has 2 heterocycles. The van der Waals surface area contributed by atoms with Gasteiger partial charge in [-0.3, -0.25) is 9.89 Å². The molecule has 1 amide bonds. The second kappa shape index (κ2) is 10.3. The molecule has 7 nitrogen and oxygen atoms in total. The Labute approximate surface area is 197 Å². The van der Waals surface area contributed by atoms with Crippen molar-refractivity contribution in [2.45, 2.75) is 37.2 Å². The summed E-state index contributed by atoms with van der Waals surface area (Å²) < 4.78 is 0. The molecule has 168 valence electrons. The van der Waals surface area contributed by atoms with Crippen LogP contribution < -0.4 is 10.6 Å². The first kappa shape index (κ1) is 22.5. The Bertz CT molecular complexity index is 1220. The maximum absolute atomic E-state index is 12.0. The van der Waals surface area contributed by atoms with Gasteiger partial charge in [0.2, 0.25) is 5.91 Å². The molecule has 0 bridgehead atoms. The van der Waals surface area contributed by atoms with E-state index in [0.29, 0.717) is 23.3 Å². The highest BCUT2D eigenvalue weighted by molar-refractivity contribution is 7.99. The largest absolute Gasteiger partial charge is 0.326 e. The van der Waals surface area contributed by atoms with Gasteiger partial charge in [0, 0.05) is 34.7 Å². The van der Waals surface area contributed by atoms with Gasteiger partial charge in [-0.2, -0.15) is 5.10 Å². The number of hydrogen-bond acceptors (Lipinski definition) is 6. The van der Waals surface area contributed by atoms with Gasteiger partial charge in [0.25, 0.3) is 0 Å². The number of hydrogen-bond donors (Lipinski definition) is 3. The zero-order valence-corrected chi connectivity index (χ0v) is 19.6. The first-order chi connectivity index (χ1) is 15.9. The van der Waals surface area contributed by atoms with Crippen LogP contribution in [0.15, 0.2) is 76.8 Å². The monoisotopic (exact) mass is 458 g/mol. The molecule has 4 rings (SSSR count). The van der Waals surface area contributed by atoms with E-state index in [1.807, 2.05) is 87.5 Å². The summed E-state index contributed by atoms with van der Waals surface area (Å²) in [6.45, 7) is 5.98. The summed E-state index contributed by atoms with van der Waals surface area (Å²) in [5, 5.41) is 13.9. The lowest BCUT2D eigenvalue weighted by Crippen LogP contribution is -2.13. The molecule has 0 radical (unpaired) electrons. The van der Waals surface area contributed by atoms with Gasteiger partial charge in [-0.05, 0) is 48.9 Å². The van der Waals surface area contributed by atoms with Crippen molar-refractivity contribution in [3.05, 3.63) is 72.4 Å². The van der Waals surface area contributed by atoms with Crippen LogP contribution in [0, 0.1) is 12.8 Å². The van der Waals surface area contributed by atoms with E-state index < -0.39 is 0 Å². The molecule has 33 heavy (non-hydrogen) atoms. The van der Waals surface area contributed by atoms with E-state index in [2.05, 4.69) is 25.8 Å². The highest BCUT2D eigenvalue weighted by atomic mass is 32.2. The molecule has 0 fully saturated rings. The molecule has 2 aromatic carbocycles. The maximum atomic E-state index is 12.0. The molecule has 0 saturated heterocycles. The molecule has 0 atom stereocenters. The van der Waals surface area contributed by atoms with Crippen LogP contribution in [0.4, 0.5) is 17.3 Å². The van der Waals surface area contributed by atoms with Crippen molar-refractivity contribution in [1.82, 2.24) is 20.2 Å². The molecule has 0 aliphatic carbocycles. The first-order valence-electron chi connectivity index (χ1n) is 10.8. The van der Waals surface area contributed by atoms with Crippen molar-refractivity contribution in [3.63, 3.8) is 0 Å². The average molecular weight is 459 g/mol. The van der Waals surface area contributed by atoms with E-state index in [-0.39, 0.29) is 5.91 Å². The number of aromatic nitrogens is 4. The standard InChI is InChI=1S/C25H26N6OS/c1-16(2)13-24(32)26-19-9-11-20(12-10-19)33-25-27-21(18-7-5-4-6-8-18)15-22(29-25)28-23-14-17(3)30-31-23/h4-12,14-16H,13H2,1-3H3,(H,26,32)(H2,27,28,29,30,31). The minimum atomic E-state index is 0.0223. The molecule has 4 aromatic rings.